The van der Waals surface area contributed by atoms with Gasteiger partial charge in [0.05, 0.1) is 18.2 Å². The predicted octanol–water partition coefficient (Wildman–Crippen LogP) is 3.08. The van der Waals surface area contributed by atoms with Gasteiger partial charge in [0.15, 0.2) is 0 Å². The number of hydrogen-bond acceptors (Lipinski definition) is 7. The molecular weight excluding hydrogens is 588 g/mol. The Bertz CT molecular complexity index is 1310. The van der Waals surface area contributed by atoms with E-state index in [0.29, 0.717) is 42.7 Å². The summed E-state index contributed by atoms with van der Waals surface area (Å²) in [4.78, 5) is 65.3. The number of carbonyl (C=O) groups is 5. The molecule has 0 saturated carbocycles. The molecule has 0 spiro atoms. The molecule has 11 nitrogen and oxygen atoms in total. The highest BCUT2D eigenvalue weighted by atomic mass is 35.5. The lowest BCUT2D eigenvalue weighted by atomic mass is 9.95. The molecule has 0 aromatic heterocycles. The zero-order valence-electron chi connectivity index (χ0n) is 25.1. The van der Waals surface area contributed by atoms with Crippen LogP contribution in [0.2, 0.25) is 5.02 Å². The Morgan fingerprint density at radius 2 is 1.77 bits per heavy atom. The van der Waals surface area contributed by atoms with E-state index in [1.807, 2.05) is 0 Å². The summed E-state index contributed by atoms with van der Waals surface area (Å²) in [6.07, 6.45) is 2.51. The lowest BCUT2D eigenvalue weighted by Gasteiger charge is -2.33. The van der Waals surface area contributed by atoms with Crippen LogP contribution in [0, 0.1) is 0 Å². The zero-order chi connectivity index (χ0) is 32.3. The number of rotatable bonds is 15. The fourth-order valence-electron chi connectivity index (χ4n) is 4.95. The molecule has 5 N–H and O–H groups in total. The van der Waals surface area contributed by atoms with Crippen LogP contribution < -0.4 is 16.4 Å². The minimum atomic E-state index is -1.39. The number of ether oxygens (including phenoxy) is 1. The van der Waals surface area contributed by atoms with Crippen LogP contribution in [0.25, 0.3) is 0 Å². The van der Waals surface area contributed by atoms with Crippen molar-refractivity contribution >= 4 is 41.3 Å². The number of carbonyl (C=O) groups excluding carboxylic acids is 4. The van der Waals surface area contributed by atoms with Crippen LogP contribution in [0.15, 0.2) is 54.6 Å². The fourth-order valence-corrected chi connectivity index (χ4v) is 5.08. The van der Waals surface area contributed by atoms with Crippen molar-refractivity contribution in [2.24, 2.45) is 5.73 Å². The molecule has 1 aliphatic rings. The second-order valence-electron chi connectivity index (χ2n) is 11.2. The molecule has 3 amide bonds. The summed E-state index contributed by atoms with van der Waals surface area (Å²) in [6.45, 7) is 3.73. The highest BCUT2D eigenvalue weighted by Crippen LogP contribution is 2.21. The van der Waals surface area contributed by atoms with E-state index in [-0.39, 0.29) is 26.0 Å². The largest absolute Gasteiger partial charge is 0.480 e. The Morgan fingerprint density at radius 3 is 2.41 bits per heavy atom. The molecule has 2 aromatic rings. The lowest BCUT2D eigenvalue weighted by Crippen LogP contribution is -2.63. The minimum Gasteiger partial charge on any atom is -0.480 e. The van der Waals surface area contributed by atoms with Gasteiger partial charge in [-0.1, -0.05) is 48.9 Å². The first-order valence-electron chi connectivity index (χ1n) is 14.8. The molecule has 12 heteroatoms. The maximum absolute atomic E-state index is 13.6. The van der Waals surface area contributed by atoms with E-state index in [0.717, 1.165) is 5.56 Å². The molecule has 0 unspecified atom stereocenters. The van der Waals surface area contributed by atoms with Crippen LogP contribution in [0.1, 0.15) is 68.3 Å². The molecule has 4 atom stereocenters. The van der Waals surface area contributed by atoms with Gasteiger partial charge in [0.1, 0.15) is 17.6 Å². The first-order valence-corrected chi connectivity index (χ1v) is 15.2. The van der Waals surface area contributed by atoms with Crippen LogP contribution in [0.3, 0.4) is 0 Å². The summed E-state index contributed by atoms with van der Waals surface area (Å²) in [6, 6.07) is 12.5. The number of esters is 1. The van der Waals surface area contributed by atoms with Gasteiger partial charge < -0.3 is 31.1 Å². The topological polar surface area (TPSA) is 168 Å². The molecule has 238 valence electrons. The first kappa shape index (κ1) is 34.5. The van der Waals surface area contributed by atoms with Gasteiger partial charge in [-0.05, 0) is 75.3 Å². The van der Waals surface area contributed by atoms with E-state index in [4.69, 9.17) is 22.1 Å². The third kappa shape index (κ3) is 9.52. The number of benzene rings is 2. The van der Waals surface area contributed by atoms with Crippen molar-refractivity contribution in [2.45, 2.75) is 82.5 Å². The molecule has 1 aliphatic heterocycles. The van der Waals surface area contributed by atoms with Gasteiger partial charge in [0.25, 0.3) is 0 Å². The fraction of sp³-hybridized carbons (Fsp3) is 0.469. The van der Waals surface area contributed by atoms with Crippen molar-refractivity contribution in [3.63, 3.8) is 0 Å². The van der Waals surface area contributed by atoms with E-state index < -0.39 is 53.3 Å². The molecule has 0 aliphatic carbocycles. The van der Waals surface area contributed by atoms with Gasteiger partial charge in [-0.3, -0.25) is 14.4 Å². The van der Waals surface area contributed by atoms with Crippen molar-refractivity contribution in [1.29, 1.82) is 0 Å². The standard InChI is InChI=1S/C32H41ClN4O7/c1-3-32(2,36-27(38)24(34)12-7-8-19-44-30(42)22-10-5-4-6-11-22)31(43)35-25(20-21-14-16-23(33)17-15-21)28(39)37-18-9-13-26(37)29(40)41/h4-6,10-11,14-17,24-26H,3,7-9,12-13,18-20,34H2,1-2H3,(H,35,43)(H,36,38)(H,40,41)/t24-,25-,26+,32-/m0/s1. The number of nitrogens with one attached hydrogen (secondary N) is 2. The number of aliphatic carboxylic acids is 1. The van der Waals surface area contributed by atoms with Crippen LogP contribution in [0.5, 0.6) is 0 Å². The molecule has 2 aromatic carbocycles. The minimum absolute atomic E-state index is 0.104. The first-order chi connectivity index (χ1) is 20.9. The molecule has 0 radical (unpaired) electrons. The van der Waals surface area contributed by atoms with Crippen molar-refractivity contribution in [3.05, 3.63) is 70.7 Å². The molecular formula is C32H41ClN4O7. The third-order valence-corrected chi connectivity index (χ3v) is 8.13. The Hall–Kier alpha value is -3.96. The molecule has 0 bridgehead atoms. The summed E-state index contributed by atoms with van der Waals surface area (Å²) in [7, 11) is 0. The average Bonchev–Trinajstić information content (AvgIpc) is 3.52. The van der Waals surface area contributed by atoms with Crippen molar-refractivity contribution in [1.82, 2.24) is 15.5 Å². The number of likely N-dealkylation sites (tertiary alicyclic amines) is 1. The summed E-state index contributed by atoms with van der Waals surface area (Å²) in [5.74, 6) is -3.15. The number of nitrogens with zero attached hydrogens (tertiary/aromatic N) is 1. The van der Waals surface area contributed by atoms with E-state index in [1.165, 1.54) is 4.90 Å². The van der Waals surface area contributed by atoms with Crippen LogP contribution in [-0.4, -0.2) is 76.5 Å². The highest BCUT2D eigenvalue weighted by molar-refractivity contribution is 6.30. The number of carboxylic acid groups (broad SMARTS) is 1. The predicted molar refractivity (Wildman–Crippen MR) is 165 cm³/mol. The van der Waals surface area contributed by atoms with E-state index in [1.54, 1.807) is 68.4 Å². The van der Waals surface area contributed by atoms with Gasteiger partial charge in [0.2, 0.25) is 17.7 Å². The average molecular weight is 629 g/mol. The van der Waals surface area contributed by atoms with Crippen LogP contribution in [-0.2, 0) is 30.3 Å². The summed E-state index contributed by atoms with van der Waals surface area (Å²) in [5, 5.41) is 15.6. The molecule has 1 saturated heterocycles. The Morgan fingerprint density at radius 1 is 1.09 bits per heavy atom. The lowest BCUT2D eigenvalue weighted by molar-refractivity contribution is -0.149. The molecule has 3 rings (SSSR count). The van der Waals surface area contributed by atoms with Crippen LogP contribution in [0.4, 0.5) is 0 Å². The number of hydrogen-bond donors (Lipinski definition) is 4. The second kappa shape index (κ2) is 16.2. The van der Waals surface area contributed by atoms with Gasteiger partial charge in [-0.25, -0.2) is 9.59 Å². The third-order valence-electron chi connectivity index (χ3n) is 7.87. The molecule has 44 heavy (non-hydrogen) atoms. The number of nitrogens with two attached hydrogens (primary N) is 1. The Labute approximate surface area is 262 Å². The molecule has 1 heterocycles. The monoisotopic (exact) mass is 628 g/mol. The SMILES string of the molecule is CC[C@](C)(NC(=O)[C@@H](N)CCCCOC(=O)c1ccccc1)C(=O)N[C@@H](Cc1ccc(Cl)cc1)C(=O)N1CCC[C@@H]1C(=O)O. The molecule has 1 fully saturated rings. The van der Waals surface area contributed by atoms with Gasteiger partial charge in [-0.2, -0.15) is 0 Å². The van der Waals surface area contributed by atoms with Crippen molar-refractivity contribution in [2.75, 3.05) is 13.2 Å². The number of carboxylic acids is 1. The van der Waals surface area contributed by atoms with Gasteiger partial charge in [0, 0.05) is 18.0 Å². The Kier molecular flexibility index (Phi) is 12.7. The van der Waals surface area contributed by atoms with Crippen LogP contribution >= 0.6 is 11.6 Å². The van der Waals surface area contributed by atoms with Crippen molar-refractivity contribution < 1.29 is 33.8 Å². The normalized spacial score (nSPS) is 17.2. The Balaban J connectivity index is 1.59. The van der Waals surface area contributed by atoms with Gasteiger partial charge >= 0.3 is 11.9 Å². The smallest absolute Gasteiger partial charge is 0.338 e. The summed E-state index contributed by atoms with van der Waals surface area (Å²) < 4.78 is 5.26. The van der Waals surface area contributed by atoms with E-state index >= 15 is 0 Å². The van der Waals surface area contributed by atoms with Crippen molar-refractivity contribution in [3.8, 4) is 0 Å². The summed E-state index contributed by atoms with van der Waals surface area (Å²) >= 11 is 6.01. The number of amides is 3. The highest BCUT2D eigenvalue weighted by Gasteiger charge is 2.41. The quantitative estimate of drug-likeness (QED) is 0.172. The van der Waals surface area contributed by atoms with E-state index in [2.05, 4.69) is 10.6 Å². The maximum atomic E-state index is 13.6. The summed E-state index contributed by atoms with van der Waals surface area (Å²) in [5.41, 5.74) is 5.91. The zero-order valence-corrected chi connectivity index (χ0v) is 25.8. The van der Waals surface area contributed by atoms with E-state index in [9.17, 15) is 29.1 Å². The second-order valence-corrected chi connectivity index (χ2v) is 11.6. The number of unbranched alkanes of at least 4 members (excludes halogenated alkanes) is 1. The maximum Gasteiger partial charge on any atom is 0.338 e. The number of halogens is 1. The van der Waals surface area contributed by atoms with Gasteiger partial charge in [-0.15, -0.1) is 0 Å².